The summed E-state index contributed by atoms with van der Waals surface area (Å²) < 4.78 is 20.1. The number of carboxylic acids is 1. The Hall–Kier alpha value is -3.29. The van der Waals surface area contributed by atoms with Gasteiger partial charge in [0.15, 0.2) is 18.1 Å². The number of hydrogen-bond acceptors (Lipinski definition) is 7. The van der Waals surface area contributed by atoms with E-state index in [4.69, 9.17) is 14.6 Å². The molecule has 1 N–H and O–H groups in total. The Kier molecular flexibility index (Phi) is 8.58. The highest BCUT2D eigenvalue weighted by atomic mass is 16.5. The molecule has 8 heteroatoms. The SMILES string of the molecule is C=CCc1cc(C=C(C(=O)OC)C(=O)OC)cc(OCC)c1OCC(=O)O. The van der Waals surface area contributed by atoms with Gasteiger partial charge in [-0.05, 0) is 37.1 Å². The van der Waals surface area contributed by atoms with Crippen LogP contribution in [0.2, 0.25) is 0 Å². The molecule has 146 valence electrons. The van der Waals surface area contributed by atoms with Crippen LogP contribution >= 0.6 is 0 Å². The number of allylic oxidation sites excluding steroid dienone is 1. The number of ether oxygens (including phenoxy) is 4. The highest BCUT2D eigenvalue weighted by Crippen LogP contribution is 2.34. The molecule has 0 aromatic heterocycles. The molecule has 0 amide bonds. The first-order valence-corrected chi connectivity index (χ1v) is 8.01. The number of benzene rings is 1. The molecule has 0 aliphatic rings. The average Bonchev–Trinajstić information content (AvgIpc) is 2.64. The fourth-order valence-electron chi connectivity index (χ4n) is 2.22. The molecule has 0 bridgehead atoms. The maximum absolute atomic E-state index is 11.9. The molecule has 1 rings (SSSR count). The van der Waals surface area contributed by atoms with Gasteiger partial charge < -0.3 is 24.1 Å². The van der Waals surface area contributed by atoms with Crippen molar-refractivity contribution in [2.75, 3.05) is 27.4 Å². The number of esters is 2. The van der Waals surface area contributed by atoms with Crippen LogP contribution in [0.3, 0.4) is 0 Å². The maximum atomic E-state index is 11.9. The number of methoxy groups -OCH3 is 2. The van der Waals surface area contributed by atoms with Crippen molar-refractivity contribution in [2.24, 2.45) is 0 Å². The lowest BCUT2D eigenvalue weighted by atomic mass is 10.0. The van der Waals surface area contributed by atoms with Gasteiger partial charge in [-0.3, -0.25) is 0 Å². The summed E-state index contributed by atoms with van der Waals surface area (Å²) in [6.45, 7) is 5.17. The number of hydrogen-bond donors (Lipinski definition) is 1. The number of carboxylic acid groups (broad SMARTS) is 1. The number of carbonyl (C=O) groups is 3. The first-order valence-electron chi connectivity index (χ1n) is 8.01. The van der Waals surface area contributed by atoms with Crippen LogP contribution in [0.5, 0.6) is 11.5 Å². The average molecular weight is 378 g/mol. The molecular formula is C19H22O8. The van der Waals surface area contributed by atoms with Gasteiger partial charge in [-0.2, -0.15) is 0 Å². The van der Waals surface area contributed by atoms with Gasteiger partial charge >= 0.3 is 17.9 Å². The highest BCUT2D eigenvalue weighted by molar-refractivity contribution is 6.17. The lowest BCUT2D eigenvalue weighted by Gasteiger charge is -2.16. The number of rotatable bonds is 10. The summed E-state index contributed by atoms with van der Waals surface area (Å²) in [4.78, 5) is 34.5. The fraction of sp³-hybridized carbons (Fsp3) is 0.316. The molecule has 0 radical (unpaired) electrons. The van der Waals surface area contributed by atoms with Crippen molar-refractivity contribution in [3.05, 3.63) is 41.5 Å². The Labute approximate surface area is 157 Å². The highest BCUT2D eigenvalue weighted by Gasteiger charge is 2.21. The van der Waals surface area contributed by atoms with Crippen LogP contribution in [0.25, 0.3) is 6.08 Å². The summed E-state index contributed by atoms with van der Waals surface area (Å²) in [7, 11) is 2.30. The van der Waals surface area contributed by atoms with E-state index < -0.39 is 24.5 Å². The zero-order valence-corrected chi connectivity index (χ0v) is 15.4. The van der Waals surface area contributed by atoms with Crippen LogP contribution in [-0.2, 0) is 30.3 Å². The minimum absolute atomic E-state index is 0.258. The minimum atomic E-state index is -1.13. The smallest absolute Gasteiger partial charge is 0.345 e. The Morgan fingerprint density at radius 2 is 1.74 bits per heavy atom. The van der Waals surface area contributed by atoms with Crippen LogP contribution in [0, 0.1) is 0 Å². The van der Waals surface area contributed by atoms with Crippen LogP contribution in [0.4, 0.5) is 0 Å². The van der Waals surface area contributed by atoms with E-state index in [2.05, 4.69) is 16.1 Å². The summed E-state index contributed by atoms with van der Waals surface area (Å²) >= 11 is 0. The van der Waals surface area contributed by atoms with Gasteiger partial charge in [-0.1, -0.05) is 6.08 Å². The Balaban J connectivity index is 3.52. The van der Waals surface area contributed by atoms with Gasteiger partial charge in [-0.15, -0.1) is 6.58 Å². The Morgan fingerprint density at radius 3 is 2.22 bits per heavy atom. The molecule has 0 heterocycles. The molecule has 8 nitrogen and oxygen atoms in total. The third-order valence-electron chi connectivity index (χ3n) is 3.28. The third kappa shape index (κ3) is 6.18. The van der Waals surface area contributed by atoms with E-state index in [0.29, 0.717) is 24.2 Å². The summed E-state index contributed by atoms with van der Waals surface area (Å²) in [5.41, 5.74) is 0.729. The van der Waals surface area contributed by atoms with Crippen molar-refractivity contribution in [1.82, 2.24) is 0 Å². The van der Waals surface area contributed by atoms with Crippen molar-refractivity contribution in [3.63, 3.8) is 0 Å². The molecule has 0 aliphatic carbocycles. The van der Waals surface area contributed by atoms with E-state index in [1.807, 2.05) is 0 Å². The minimum Gasteiger partial charge on any atom is -0.490 e. The lowest BCUT2D eigenvalue weighted by Crippen LogP contribution is -2.15. The lowest BCUT2D eigenvalue weighted by molar-refractivity contribution is -0.144. The summed E-state index contributed by atoms with van der Waals surface area (Å²) in [5.74, 6) is -2.30. The predicted octanol–water partition coefficient (Wildman–Crippen LogP) is 2.01. The molecule has 0 unspecified atom stereocenters. The van der Waals surface area contributed by atoms with Gasteiger partial charge in [-0.25, -0.2) is 14.4 Å². The maximum Gasteiger partial charge on any atom is 0.345 e. The standard InChI is InChI=1S/C19H22O8/c1-5-7-13-8-12(9-14(18(22)24-3)19(23)25-4)10-15(26-6-2)17(13)27-11-16(20)21/h5,8-10H,1,6-7,11H2,2-4H3,(H,20,21). The second-order valence-corrected chi connectivity index (χ2v) is 5.16. The van der Waals surface area contributed by atoms with Gasteiger partial charge in [0, 0.05) is 5.56 Å². The van der Waals surface area contributed by atoms with Gasteiger partial charge in [0.25, 0.3) is 0 Å². The summed E-state index contributed by atoms with van der Waals surface area (Å²) in [5, 5.41) is 8.87. The van der Waals surface area contributed by atoms with Crippen LogP contribution in [0.1, 0.15) is 18.1 Å². The number of carbonyl (C=O) groups excluding carboxylic acids is 2. The first-order chi connectivity index (χ1) is 12.9. The Bertz CT molecular complexity index is 730. The summed E-state index contributed by atoms with van der Waals surface area (Å²) in [6.07, 6.45) is 3.25. The van der Waals surface area contributed by atoms with Crippen molar-refractivity contribution in [3.8, 4) is 11.5 Å². The van der Waals surface area contributed by atoms with Crippen molar-refractivity contribution in [2.45, 2.75) is 13.3 Å². The van der Waals surface area contributed by atoms with E-state index in [1.165, 1.54) is 12.1 Å². The summed E-state index contributed by atoms with van der Waals surface area (Å²) in [6, 6.07) is 3.16. The second kappa shape index (κ2) is 10.6. The van der Waals surface area contributed by atoms with Crippen molar-refractivity contribution < 1.29 is 38.4 Å². The molecule has 0 saturated carbocycles. The van der Waals surface area contributed by atoms with Crippen LogP contribution in [-0.4, -0.2) is 50.4 Å². The van der Waals surface area contributed by atoms with Gasteiger partial charge in [0.05, 0.1) is 20.8 Å². The largest absolute Gasteiger partial charge is 0.490 e. The third-order valence-corrected chi connectivity index (χ3v) is 3.28. The second-order valence-electron chi connectivity index (χ2n) is 5.16. The van der Waals surface area contributed by atoms with Gasteiger partial charge in [0.1, 0.15) is 5.57 Å². The molecular weight excluding hydrogens is 356 g/mol. The quantitative estimate of drug-likeness (QED) is 0.217. The Morgan fingerprint density at radius 1 is 1.11 bits per heavy atom. The molecule has 0 fully saturated rings. The van der Waals surface area contributed by atoms with Crippen LogP contribution in [0.15, 0.2) is 30.4 Å². The normalized spacial score (nSPS) is 9.74. The van der Waals surface area contributed by atoms with E-state index in [-0.39, 0.29) is 17.1 Å². The predicted molar refractivity (Wildman–Crippen MR) is 96.7 cm³/mol. The van der Waals surface area contributed by atoms with E-state index in [9.17, 15) is 14.4 Å². The van der Waals surface area contributed by atoms with E-state index in [1.54, 1.807) is 19.1 Å². The zero-order valence-electron chi connectivity index (χ0n) is 15.4. The number of aliphatic carboxylic acids is 1. The van der Waals surface area contributed by atoms with E-state index in [0.717, 1.165) is 14.2 Å². The van der Waals surface area contributed by atoms with Crippen LogP contribution < -0.4 is 9.47 Å². The zero-order chi connectivity index (χ0) is 20.4. The molecule has 0 saturated heterocycles. The molecule has 0 aliphatic heterocycles. The first kappa shape index (κ1) is 21.8. The molecule has 1 aromatic rings. The van der Waals surface area contributed by atoms with Crippen molar-refractivity contribution >= 4 is 24.0 Å². The molecule has 0 atom stereocenters. The monoisotopic (exact) mass is 378 g/mol. The fourth-order valence-corrected chi connectivity index (χ4v) is 2.22. The molecule has 27 heavy (non-hydrogen) atoms. The molecule has 1 aromatic carbocycles. The topological polar surface area (TPSA) is 108 Å². The van der Waals surface area contributed by atoms with E-state index >= 15 is 0 Å². The molecule has 0 spiro atoms. The van der Waals surface area contributed by atoms with Crippen molar-refractivity contribution in [1.29, 1.82) is 0 Å². The van der Waals surface area contributed by atoms with Gasteiger partial charge in [0.2, 0.25) is 0 Å².